The van der Waals surface area contributed by atoms with Crippen LogP contribution in [0.15, 0.2) is 53.4 Å². The van der Waals surface area contributed by atoms with Gasteiger partial charge in [-0.2, -0.15) is 0 Å². The van der Waals surface area contributed by atoms with Crippen molar-refractivity contribution in [2.45, 2.75) is 11.8 Å². The van der Waals surface area contributed by atoms with Crippen molar-refractivity contribution in [3.05, 3.63) is 122 Å². The maximum atomic E-state index is 12.9. The third-order valence-electron chi connectivity index (χ3n) is 4.16. The summed E-state index contributed by atoms with van der Waals surface area (Å²) in [5.41, 5.74) is 2.12. The van der Waals surface area contributed by atoms with Crippen molar-refractivity contribution >= 4 is 10.8 Å². The molecule has 2 aliphatic carbocycles. The Hall–Kier alpha value is -1.09. The van der Waals surface area contributed by atoms with Gasteiger partial charge >= 0.3 is 17.1 Å². The quantitative estimate of drug-likeness (QED) is 0.645. The minimum atomic E-state index is -1.20. The zero-order chi connectivity index (χ0) is 19.1. The molecule has 0 heterocycles. The van der Waals surface area contributed by atoms with Crippen LogP contribution in [0, 0.1) is 69.5 Å². The van der Waals surface area contributed by atoms with Crippen LogP contribution in [0.4, 0.5) is 0 Å². The molecule has 0 amide bonds. The van der Waals surface area contributed by atoms with Crippen LogP contribution in [0.1, 0.15) is 11.1 Å². The summed E-state index contributed by atoms with van der Waals surface area (Å²) in [5, 5.41) is 0.813. The van der Waals surface area contributed by atoms with Crippen molar-refractivity contribution in [2.24, 2.45) is 0 Å². The Bertz CT molecular complexity index is 733. The predicted octanol–water partition coefficient (Wildman–Crippen LogP) is 4.91. The normalized spacial score (nSPS) is 18.1. The molecule has 142 valence electrons. The second kappa shape index (κ2) is 11.8. The van der Waals surface area contributed by atoms with E-state index < -0.39 is 10.8 Å². The van der Waals surface area contributed by atoms with Gasteiger partial charge in [0.1, 0.15) is 5.75 Å². The van der Waals surface area contributed by atoms with Crippen molar-refractivity contribution in [1.82, 2.24) is 0 Å². The van der Waals surface area contributed by atoms with Crippen LogP contribution in [0.2, 0.25) is 0 Å². The molecule has 2 fully saturated rings. The van der Waals surface area contributed by atoms with E-state index in [9.17, 15) is 4.21 Å². The number of hydrogen-bond donors (Lipinski definition) is 0. The van der Waals surface area contributed by atoms with Crippen LogP contribution >= 0.6 is 0 Å². The molecule has 2 aromatic rings. The number of rotatable bonds is 4. The minimum Gasteiger partial charge on any atom is -0.496 e. The van der Waals surface area contributed by atoms with Gasteiger partial charge < -0.3 is 4.74 Å². The maximum absolute atomic E-state index is 12.9. The van der Waals surface area contributed by atoms with E-state index >= 15 is 0 Å². The molecular formula is C24H22FeO2S+2. The number of aryl methyl sites for hydroxylation is 1. The molecule has 0 saturated heterocycles. The zero-order valence-corrected chi connectivity index (χ0v) is 17.7. The molecule has 0 unspecified atom stereocenters. The average molecular weight is 430 g/mol. The Morgan fingerprint density at radius 1 is 0.786 bits per heavy atom. The first kappa shape index (κ1) is 23.2. The summed E-state index contributed by atoms with van der Waals surface area (Å²) in [5.74, 6) is 1.74. The molecule has 10 radical (unpaired) electrons. The summed E-state index contributed by atoms with van der Waals surface area (Å²) < 4.78 is 18.3. The summed E-state index contributed by atoms with van der Waals surface area (Å²) in [6, 6.07) is 15.6. The van der Waals surface area contributed by atoms with Gasteiger partial charge in [0, 0.05) is 16.4 Å². The third-order valence-corrected chi connectivity index (χ3v) is 5.62. The summed E-state index contributed by atoms with van der Waals surface area (Å²) in [6.07, 6.45) is 15.8. The van der Waals surface area contributed by atoms with Crippen LogP contribution in [0.5, 0.6) is 5.75 Å². The molecule has 4 heteroatoms. The molecule has 2 aliphatic rings. The summed E-state index contributed by atoms with van der Waals surface area (Å²) in [4.78, 5) is 0.813. The molecule has 0 aliphatic heterocycles. The Labute approximate surface area is 183 Å². The Balaban J connectivity index is 0.000000408. The van der Waals surface area contributed by atoms with Gasteiger partial charge in [0.2, 0.25) is 0 Å². The topological polar surface area (TPSA) is 26.3 Å². The van der Waals surface area contributed by atoms with E-state index in [0.717, 1.165) is 32.9 Å². The van der Waals surface area contributed by atoms with Crippen LogP contribution in [0.3, 0.4) is 0 Å². The van der Waals surface area contributed by atoms with Gasteiger partial charge in [0.15, 0.2) is 0 Å². The van der Waals surface area contributed by atoms with Gasteiger partial charge in [-0.1, -0.05) is 35.9 Å². The van der Waals surface area contributed by atoms with E-state index in [0.29, 0.717) is 0 Å². The van der Waals surface area contributed by atoms with Crippen molar-refractivity contribution in [3.63, 3.8) is 0 Å². The van der Waals surface area contributed by atoms with Crippen LogP contribution < -0.4 is 4.74 Å². The first-order chi connectivity index (χ1) is 13.2. The molecule has 0 aromatic heterocycles. The van der Waals surface area contributed by atoms with Crippen LogP contribution in [-0.4, -0.2) is 11.3 Å². The fourth-order valence-electron chi connectivity index (χ4n) is 2.76. The van der Waals surface area contributed by atoms with Gasteiger partial charge in [0.25, 0.3) is 0 Å². The Morgan fingerprint density at radius 2 is 1.39 bits per heavy atom. The van der Waals surface area contributed by atoms with Crippen molar-refractivity contribution in [1.29, 1.82) is 0 Å². The predicted molar refractivity (Wildman–Crippen MR) is 111 cm³/mol. The largest absolute Gasteiger partial charge is 2.00 e. The fraction of sp³-hybridized carbons (Fsp3) is 0.0833. The van der Waals surface area contributed by atoms with Crippen LogP contribution in [0.25, 0.3) is 0 Å². The second-order valence-corrected chi connectivity index (χ2v) is 7.50. The average Bonchev–Trinajstić information content (AvgIpc) is 3.42. The molecule has 0 bridgehead atoms. The van der Waals surface area contributed by atoms with Crippen molar-refractivity contribution < 1.29 is 26.0 Å². The monoisotopic (exact) mass is 430 g/mol. The van der Waals surface area contributed by atoms with Crippen molar-refractivity contribution in [2.75, 3.05) is 7.11 Å². The molecule has 1 atom stereocenters. The fourth-order valence-corrected chi connectivity index (χ4v) is 3.98. The van der Waals surface area contributed by atoms with E-state index in [2.05, 4.69) is 0 Å². The minimum absolute atomic E-state index is 0. The molecule has 2 saturated carbocycles. The number of hydrogen-bond acceptors (Lipinski definition) is 2. The van der Waals surface area contributed by atoms with E-state index in [1.807, 2.05) is 107 Å². The standard InChI is InChI=1S/C19H17O2S.C5H5.Fe/c1-14-10-12-15(13-11-14)22(20)19-9-5-7-17(19)16-6-3-4-8-18(16)21-2;1-2-4-5-3-1;/h3-13H,1-2H3;1-5H;/q;;+2/t22-;;/m1../s1. The molecule has 0 N–H and O–H groups in total. The smallest absolute Gasteiger partial charge is 0.496 e. The van der Waals surface area contributed by atoms with Gasteiger partial charge in [0.05, 0.1) is 23.2 Å². The Morgan fingerprint density at radius 3 is 2.00 bits per heavy atom. The van der Waals surface area contributed by atoms with E-state index in [1.54, 1.807) is 7.11 Å². The molecule has 2 aromatic carbocycles. The SMILES string of the molecule is COc1ccccc1[C]1[CH][CH][CH][C]1[S@](=O)c1ccc(C)cc1.[CH]1[CH][CH][CH][CH]1.[Fe+2]. The van der Waals surface area contributed by atoms with Gasteiger partial charge in [-0.15, -0.1) is 0 Å². The molecular weight excluding hydrogens is 408 g/mol. The second-order valence-electron chi connectivity index (χ2n) is 6.05. The third kappa shape index (κ3) is 5.95. The molecule has 4 rings (SSSR count). The Kier molecular flexibility index (Phi) is 9.77. The van der Waals surface area contributed by atoms with E-state index in [1.165, 1.54) is 0 Å². The van der Waals surface area contributed by atoms with Crippen molar-refractivity contribution in [3.8, 4) is 5.75 Å². The van der Waals surface area contributed by atoms with E-state index in [-0.39, 0.29) is 17.1 Å². The van der Waals surface area contributed by atoms with E-state index in [4.69, 9.17) is 4.74 Å². The first-order valence-corrected chi connectivity index (χ1v) is 9.90. The first-order valence-electron chi connectivity index (χ1n) is 8.75. The van der Waals surface area contributed by atoms with Crippen LogP contribution in [-0.2, 0) is 27.9 Å². The number of ether oxygens (including phenoxy) is 1. The summed E-state index contributed by atoms with van der Waals surface area (Å²) in [7, 11) is 0.449. The number of para-hydroxylation sites is 1. The van der Waals surface area contributed by atoms with Gasteiger partial charge in [-0.3, -0.25) is 4.21 Å². The molecule has 0 spiro atoms. The van der Waals surface area contributed by atoms with Gasteiger partial charge in [-0.25, -0.2) is 0 Å². The van der Waals surface area contributed by atoms with Gasteiger partial charge in [-0.05, 0) is 76.5 Å². The zero-order valence-electron chi connectivity index (χ0n) is 15.8. The maximum Gasteiger partial charge on any atom is 2.00 e. The summed E-state index contributed by atoms with van der Waals surface area (Å²) in [6.45, 7) is 2.02. The summed E-state index contributed by atoms with van der Waals surface area (Å²) >= 11 is 0. The number of benzene rings is 2. The number of methoxy groups -OCH3 is 1. The molecule has 28 heavy (non-hydrogen) atoms. The molecule has 2 nitrogen and oxygen atoms in total.